The van der Waals surface area contributed by atoms with E-state index in [2.05, 4.69) is 0 Å². The lowest BCUT2D eigenvalue weighted by atomic mass is 9.82. The van der Waals surface area contributed by atoms with Crippen LogP contribution in [0.5, 0.6) is 0 Å². The van der Waals surface area contributed by atoms with Crippen LogP contribution in [0.15, 0.2) is 121 Å². The Balaban J connectivity index is 1.15. The molecule has 0 amide bonds. The second-order valence-electron chi connectivity index (χ2n) is 14.4. The predicted octanol–water partition coefficient (Wildman–Crippen LogP) is 11.4. The van der Waals surface area contributed by atoms with Gasteiger partial charge in [-0.2, -0.15) is 0 Å². The Morgan fingerprint density at radius 2 is 0.582 bits per heavy atom. The lowest BCUT2D eigenvalue weighted by molar-refractivity contribution is 0.0390. The number of rotatable bonds is 4. The highest BCUT2D eigenvalue weighted by atomic mass is 16.6. The lowest BCUT2D eigenvalue weighted by Gasteiger charge is -2.22. The van der Waals surface area contributed by atoms with E-state index in [0.29, 0.717) is 43.1 Å². The monoisotopic (exact) mass is 710 g/mol. The van der Waals surface area contributed by atoms with Gasteiger partial charge in [0.1, 0.15) is 0 Å². The number of ether oxygens (including phenoxy) is 1. The van der Waals surface area contributed by atoms with Crippen LogP contribution in [0.3, 0.4) is 0 Å². The average Bonchev–Trinajstić information content (AvgIpc) is 3.20. The first kappa shape index (κ1) is 29.9. The van der Waals surface area contributed by atoms with Crippen molar-refractivity contribution < 1.29 is 34.1 Å². The van der Waals surface area contributed by atoms with Gasteiger partial charge in [-0.3, -0.25) is 0 Å². The summed E-state index contributed by atoms with van der Waals surface area (Å²) in [4.78, 5) is 55.9. The van der Waals surface area contributed by atoms with Crippen molar-refractivity contribution in [1.29, 1.82) is 0 Å². The highest BCUT2D eigenvalue weighted by molar-refractivity contribution is 6.45. The molecule has 0 saturated carbocycles. The van der Waals surface area contributed by atoms with E-state index < -0.39 is 23.9 Å². The largest absolute Gasteiger partial charge is 0.478 e. The number of carbonyl (C=O) groups is 4. The first-order chi connectivity index (χ1) is 26.8. The molecule has 256 valence electrons. The van der Waals surface area contributed by atoms with E-state index >= 15 is 0 Å². The molecule has 0 aliphatic carbocycles. The number of esters is 2. The summed E-state index contributed by atoms with van der Waals surface area (Å²) in [6, 6.07) is 38.0. The first-order valence-corrected chi connectivity index (χ1v) is 17.8. The summed E-state index contributed by atoms with van der Waals surface area (Å²) in [5.74, 6) is -5.08. The molecule has 0 aliphatic rings. The Kier molecular flexibility index (Phi) is 5.47. The molecule has 12 rings (SSSR count). The topological polar surface area (TPSA) is 118 Å². The van der Waals surface area contributed by atoms with Gasteiger partial charge in [-0.05, 0) is 108 Å². The molecule has 2 N–H and O–H groups in total. The van der Waals surface area contributed by atoms with E-state index in [-0.39, 0.29) is 22.3 Å². The maximum absolute atomic E-state index is 14.6. The second-order valence-corrected chi connectivity index (χ2v) is 14.4. The maximum Gasteiger partial charge on any atom is 0.347 e. The summed E-state index contributed by atoms with van der Waals surface area (Å²) in [7, 11) is 0. The van der Waals surface area contributed by atoms with Crippen molar-refractivity contribution in [3.8, 4) is 0 Å². The molecule has 0 fully saturated rings. The third-order valence-electron chi connectivity index (χ3n) is 11.9. The zero-order valence-electron chi connectivity index (χ0n) is 28.5. The SMILES string of the molecule is O=C(O)c1c(C(=O)OC(=O)c2c(C(=O)O)c3ccc4cccc5c6cccc7ccc2c(c76)c3c45)c2ccc3cccc4c5cccc6ccc1c(c65)c2c34. The molecule has 7 nitrogen and oxygen atoms in total. The number of benzene rings is 12. The number of carboxylic acid groups (broad SMARTS) is 2. The Bertz CT molecular complexity index is 3480. The fourth-order valence-corrected chi connectivity index (χ4v) is 9.88. The first-order valence-electron chi connectivity index (χ1n) is 17.8. The van der Waals surface area contributed by atoms with Crippen LogP contribution in [-0.4, -0.2) is 34.1 Å². The molecule has 0 heterocycles. The molecule has 0 saturated heterocycles. The van der Waals surface area contributed by atoms with Crippen molar-refractivity contribution in [3.05, 3.63) is 144 Å². The molecule has 0 unspecified atom stereocenters. The molecule has 12 aromatic carbocycles. The fraction of sp³-hybridized carbons (Fsp3) is 0. The smallest absolute Gasteiger partial charge is 0.347 e. The van der Waals surface area contributed by atoms with Gasteiger partial charge in [-0.25, -0.2) is 19.2 Å². The number of hydrogen-bond acceptors (Lipinski definition) is 5. The summed E-state index contributed by atoms with van der Waals surface area (Å²) in [6.45, 7) is 0. The third kappa shape index (κ3) is 3.55. The van der Waals surface area contributed by atoms with Crippen LogP contribution in [-0.2, 0) is 4.74 Å². The van der Waals surface area contributed by atoms with Crippen LogP contribution < -0.4 is 0 Å². The number of hydrogen-bond donors (Lipinski definition) is 2. The second kappa shape index (κ2) is 10.1. The molecular weight excluding hydrogens is 689 g/mol. The van der Waals surface area contributed by atoms with Gasteiger partial charge in [-0.1, -0.05) is 121 Å². The number of carbonyl (C=O) groups excluding carboxylic acids is 2. The maximum atomic E-state index is 14.6. The number of fused-ring (bicyclic) bond motifs is 2. The van der Waals surface area contributed by atoms with Crippen molar-refractivity contribution >= 4 is 132 Å². The molecule has 0 aliphatic heterocycles. The molecule has 0 aromatic heterocycles. The van der Waals surface area contributed by atoms with E-state index in [0.717, 1.165) is 64.6 Å². The summed E-state index contributed by atoms with van der Waals surface area (Å²) in [5.41, 5.74) is -1.13. The molecule has 0 radical (unpaired) electrons. The van der Waals surface area contributed by atoms with Crippen LogP contribution in [0.1, 0.15) is 41.4 Å². The minimum atomic E-state index is -1.36. The fourth-order valence-electron chi connectivity index (χ4n) is 9.88. The molecule has 0 spiro atoms. The van der Waals surface area contributed by atoms with Gasteiger partial charge >= 0.3 is 23.9 Å². The van der Waals surface area contributed by atoms with E-state index in [1.807, 2.05) is 97.1 Å². The van der Waals surface area contributed by atoms with E-state index in [1.54, 1.807) is 24.3 Å². The van der Waals surface area contributed by atoms with Gasteiger partial charge in [-0.15, -0.1) is 0 Å². The van der Waals surface area contributed by atoms with E-state index in [1.165, 1.54) is 0 Å². The minimum Gasteiger partial charge on any atom is -0.478 e. The summed E-state index contributed by atoms with van der Waals surface area (Å²) >= 11 is 0. The molecule has 7 heteroatoms. The standard InChI is InChI=1S/C48H22O7/c49-45(50)41-29-17-13-21-5-1-9-25-27-11-3-7-23-15-19-31(39(35(23)27)37(29)33(21)25)43(41)47(53)55-48(54)44-32-20-16-24-8-4-12-28-26-10-2-6-22-14-18-30(42(44)46(51)52)38(34(22)26)40(32)36(24)28/h1-20H,(H,49,50)(H,51,52). The van der Waals surface area contributed by atoms with Crippen LogP contribution >= 0.6 is 0 Å². The molecule has 0 atom stereocenters. The van der Waals surface area contributed by atoms with Crippen molar-refractivity contribution in [3.63, 3.8) is 0 Å². The molecular formula is C48H22O7. The predicted molar refractivity (Wildman–Crippen MR) is 216 cm³/mol. The third-order valence-corrected chi connectivity index (χ3v) is 11.9. The van der Waals surface area contributed by atoms with Gasteiger partial charge in [0, 0.05) is 0 Å². The summed E-state index contributed by atoms with van der Waals surface area (Å²) in [5, 5.41) is 36.8. The quantitative estimate of drug-likeness (QED) is 0.0807. The Morgan fingerprint density at radius 1 is 0.309 bits per heavy atom. The van der Waals surface area contributed by atoms with Gasteiger partial charge in [0.25, 0.3) is 0 Å². The van der Waals surface area contributed by atoms with Crippen molar-refractivity contribution in [1.82, 2.24) is 0 Å². The minimum absolute atomic E-state index is 0.273. The van der Waals surface area contributed by atoms with Crippen molar-refractivity contribution in [2.75, 3.05) is 0 Å². The van der Waals surface area contributed by atoms with Gasteiger partial charge in [0.05, 0.1) is 22.3 Å². The highest BCUT2D eigenvalue weighted by Crippen LogP contribution is 2.49. The molecule has 12 aromatic rings. The van der Waals surface area contributed by atoms with Crippen LogP contribution in [0.2, 0.25) is 0 Å². The van der Waals surface area contributed by atoms with Crippen molar-refractivity contribution in [2.24, 2.45) is 0 Å². The van der Waals surface area contributed by atoms with E-state index in [9.17, 15) is 29.4 Å². The van der Waals surface area contributed by atoms with Gasteiger partial charge in [0.15, 0.2) is 0 Å². The van der Waals surface area contributed by atoms with Crippen LogP contribution in [0.25, 0.3) is 108 Å². The Hall–Kier alpha value is -7.64. The van der Waals surface area contributed by atoms with E-state index in [4.69, 9.17) is 4.74 Å². The normalized spacial score (nSPS) is 12.4. The molecule has 0 bridgehead atoms. The number of carboxylic acids is 2. The zero-order valence-corrected chi connectivity index (χ0v) is 28.5. The van der Waals surface area contributed by atoms with Gasteiger partial charge in [0.2, 0.25) is 0 Å². The Morgan fingerprint density at radius 3 is 0.855 bits per heavy atom. The van der Waals surface area contributed by atoms with Crippen LogP contribution in [0.4, 0.5) is 0 Å². The Labute approximate surface area is 308 Å². The highest BCUT2D eigenvalue weighted by Gasteiger charge is 2.34. The van der Waals surface area contributed by atoms with Crippen LogP contribution in [0, 0.1) is 0 Å². The zero-order chi connectivity index (χ0) is 37.0. The summed E-state index contributed by atoms with van der Waals surface area (Å²) in [6.07, 6.45) is 0. The number of aromatic carboxylic acids is 2. The molecule has 55 heavy (non-hydrogen) atoms. The van der Waals surface area contributed by atoms with Gasteiger partial charge < -0.3 is 14.9 Å². The average molecular weight is 711 g/mol. The lowest BCUT2D eigenvalue weighted by Crippen LogP contribution is -2.20. The summed E-state index contributed by atoms with van der Waals surface area (Å²) < 4.78 is 5.74. The van der Waals surface area contributed by atoms with Crippen molar-refractivity contribution in [2.45, 2.75) is 0 Å².